The second-order valence-corrected chi connectivity index (χ2v) is 2.54. The molecule has 0 bridgehead atoms. The number of hydrogen-bond acceptors (Lipinski definition) is 4. The van der Waals surface area contributed by atoms with Gasteiger partial charge in [0.15, 0.2) is 11.4 Å². The molecule has 1 heterocycles. The third-order valence-electron chi connectivity index (χ3n) is 0.873. The zero-order valence-electron chi connectivity index (χ0n) is 5.40. The van der Waals surface area contributed by atoms with Gasteiger partial charge in [-0.25, -0.2) is 9.78 Å². The minimum absolute atomic E-state index is 0.291. The fourth-order valence-electron chi connectivity index (χ4n) is 0.503. The highest BCUT2D eigenvalue weighted by atomic mass is 32.1. The largest absolute Gasteiger partial charge is 0.351 e. The molecule has 0 unspecified atom stereocenters. The average molecular weight is 171 g/mol. The number of thiazole rings is 1. The van der Waals surface area contributed by atoms with E-state index in [-0.39, 0.29) is 0 Å². The van der Waals surface area contributed by atoms with Crippen molar-refractivity contribution in [1.29, 1.82) is 0 Å². The summed E-state index contributed by atoms with van der Waals surface area (Å²) in [7, 11) is 0. The van der Waals surface area contributed by atoms with Crippen LogP contribution in [0.15, 0.2) is 5.38 Å². The molecule has 2 amide bonds. The van der Waals surface area contributed by atoms with Crippen LogP contribution in [0.4, 0.5) is 9.93 Å². The van der Waals surface area contributed by atoms with E-state index in [1.165, 1.54) is 5.38 Å². The van der Waals surface area contributed by atoms with Crippen LogP contribution in [0.25, 0.3) is 0 Å². The number of carbonyl (C=O) groups is 2. The van der Waals surface area contributed by atoms with Crippen LogP contribution in [0.3, 0.4) is 0 Å². The van der Waals surface area contributed by atoms with E-state index in [9.17, 15) is 9.59 Å². The minimum Gasteiger partial charge on any atom is -0.351 e. The van der Waals surface area contributed by atoms with E-state index >= 15 is 0 Å². The molecule has 6 heteroatoms. The van der Waals surface area contributed by atoms with Gasteiger partial charge in [-0.1, -0.05) is 0 Å². The molecule has 1 aromatic rings. The molecule has 1 rings (SSSR count). The van der Waals surface area contributed by atoms with Crippen molar-refractivity contribution in [1.82, 2.24) is 4.98 Å². The molecule has 58 valence electrons. The average Bonchev–Trinajstić information content (AvgIpc) is 2.34. The Kier molecular flexibility index (Phi) is 2.17. The van der Waals surface area contributed by atoms with Crippen LogP contribution >= 0.6 is 11.3 Å². The Labute approximate surface area is 66.2 Å². The molecule has 11 heavy (non-hydrogen) atoms. The Bertz CT molecular complexity index is 283. The monoisotopic (exact) mass is 171 g/mol. The fraction of sp³-hybridized carbons (Fsp3) is 0. The molecular formula is C5H5N3O2S. The molecule has 0 aliphatic carbocycles. The predicted octanol–water partition coefficient (Wildman–Crippen LogP) is 0.446. The summed E-state index contributed by atoms with van der Waals surface area (Å²) in [6.07, 6.45) is 0.600. The molecule has 0 atom stereocenters. The summed E-state index contributed by atoms with van der Waals surface area (Å²) in [5.41, 5.74) is 5.09. The number of nitrogens with one attached hydrogen (secondary N) is 1. The van der Waals surface area contributed by atoms with Crippen molar-refractivity contribution in [2.75, 3.05) is 5.32 Å². The van der Waals surface area contributed by atoms with Crippen molar-refractivity contribution in [2.24, 2.45) is 5.73 Å². The standard InChI is InChI=1S/C5H5N3O2S/c6-4(10)8-5-7-3(1-9)2-11-5/h1-2H,(H3,6,7,8,10). The molecule has 0 spiro atoms. The van der Waals surface area contributed by atoms with Crippen LogP contribution in [-0.4, -0.2) is 17.3 Å². The molecule has 0 saturated heterocycles. The second-order valence-electron chi connectivity index (χ2n) is 1.68. The maximum absolute atomic E-state index is 10.3. The van der Waals surface area contributed by atoms with Gasteiger partial charge in [0.1, 0.15) is 5.69 Å². The first-order valence-electron chi connectivity index (χ1n) is 2.69. The number of carbonyl (C=O) groups excluding carboxylic acids is 2. The van der Waals surface area contributed by atoms with Crippen molar-refractivity contribution < 1.29 is 9.59 Å². The summed E-state index contributed by atoms with van der Waals surface area (Å²) in [5.74, 6) is 0. The summed E-state index contributed by atoms with van der Waals surface area (Å²) in [6.45, 7) is 0. The number of nitrogens with zero attached hydrogens (tertiary/aromatic N) is 1. The first-order chi connectivity index (χ1) is 5.22. The van der Waals surface area contributed by atoms with Crippen molar-refractivity contribution in [3.63, 3.8) is 0 Å². The number of amides is 2. The number of anilines is 1. The Morgan fingerprint density at radius 3 is 3.00 bits per heavy atom. The van der Waals surface area contributed by atoms with E-state index in [1.54, 1.807) is 0 Å². The number of hydrogen-bond donors (Lipinski definition) is 2. The lowest BCUT2D eigenvalue weighted by molar-refractivity contribution is 0.111. The Morgan fingerprint density at radius 1 is 1.82 bits per heavy atom. The van der Waals surface area contributed by atoms with Gasteiger partial charge in [-0.3, -0.25) is 10.1 Å². The smallest absolute Gasteiger partial charge is 0.318 e. The number of primary amides is 1. The Hall–Kier alpha value is -1.43. The van der Waals surface area contributed by atoms with E-state index in [1.807, 2.05) is 0 Å². The molecule has 0 radical (unpaired) electrons. The number of nitrogens with two attached hydrogens (primary N) is 1. The third kappa shape index (κ3) is 2.01. The lowest BCUT2D eigenvalue weighted by atomic mass is 10.6. The van der Waals surface area contributed by atoms with Gasteiger partial charge in [0.05, 0.1) is 0 Å². The van der Waals surface area contributed by atoms with Gasteiger partial charge >= 0.3 is 6.03 Å². The van der Waals surface area contributed by atoms with Crippen molar-refractivity contribution in [3.05, 3.63) is 11.1 Å². The molecule has 0 saturated carbocycles. The van der Waals surface area contributed by atoms with Gasteiger partial charge in [-0.05, 0) is 0 Å². The summed E-state index contributed by atoms with van der Waals surface area (Å²) in [6, 6.07) is -0.684. The minimum atomic E-state index is -0.684. The predicted molar refractivity (Wildman–Crippen MR) is 40.7 cm³/mol. The SMILES string of the molecule is NC(=O)Nc1nc(C=O)cs1. The summed E-state index contributed by atoms with van der Waals surface area (Å²) >= 11 is 1.15. The quantitative estimate of drug-likeness (QED) is 0.633. The number of aromatic nitrogens is 1. The summed E-state index contributed by atoms with van der Waals surface area (Å²) in [5, 5.41) is 4.11. The van der Waals surface area contributed by atoms with Gasteiger partial charge in [-0.2, -0.15) is 0 Å². The molecule has 0 aromatic carbocycles. The zero-order valence-corrected chi connectivity index (χ0v) is 6.22. The van der Waals surface area contributed by atoms with Gasteiger partial charge in [0.25, 0.3) is 0 Å². The molecular weight excluding hydrogens is 166 g/mol. The lowest BCUT2D eigenvalue weighted by Crippen LogP contribution is -2.19. The molecule has 5 nitrogen and oxygen atoms in total. The van der Waals surface area contributed by atoms with Crippen LogP contribution in [0, 0.1) is 0 Å². The van der Waals surface area contributed by atoms with Crippen LogP contribution in [0.5, 0.6) is 0 Å². The zero-order chi connectivity index (χ0) is 8.27. The fourth-order valence-corrected chi connectivity index (χ4v) is 1.16. The summed E-state index contributed by atoms with van der Waals surface area (Å²) < 4.78 is 0. The van der Waals surface area contributed by atoms with E-state index in [4.69, 9.17) is 5.73 Å². The molecule has 3 N–H and O–H groups in total. The number of urea groups is 1. The number of rotatable bonds is 2. The van der Waals surface area contributed by atoms with E-state index in [0.29, 0.717) is 17.1 Å². The van der Waals surface area contributed by atoms with Gasteiger partial charge in [0, 0.05) is 5.38 Å². The van der Waals surface area contributed by atoms with Crippen molar-refractivity contribution in [2.45, 2.75) is 0 Å². The van der Waals surface area contributed by atoms with E-state index in [0.717, 1.165) is 11.3 Å². The highest BCUT2D eigenvalue weighted by Gasteiger charge is 2.01. The van der Waals surface area contributed by atoms with Crippen LogP contribution in [0.1, 0.15) is 10.5 Å². The first-order valence-corrected chi connectivity index (χ1v) is 3.57. The van der Waals surface area contributed by atoms with Gasteiger partial charge in [0.2, 0.25) is 0 Å². The summed E-state index contributed by atoms with van der Waals surface area (Å²) in [4.78, 5) is 24.1. The topological polar surface area (TPSA) is 85.1 Å². The molecule has 1 aromatic heterocycles. The van der Waals surface area contributed by atoms with Crippen molar-refractivity contribution in [3.8, 4) is 0 Å². The van der Waals surface area contributed by atoms with Crippen LogP contribution in [0.2, 0.25) is 0 Å². The van der Waals surface area contributed by atoms with Crippen LogP contribution in [-0.2, 0) is 0 Å². The van der Waals surface area contributed by atoms with E-state index < -0.39 is 6.03 Å². The van der Waals surface area contributed by atoms with Crippen LogP contribution < -0.4 is 11.1 Å². The maximum atomic E-state index is 10.3. The highest BCUT2D eigenvalue weighted by molar-refractivity contribution is 7.14. The van der Waals surface area contributed by atoms with Crippen molar-refractivity contribution >= 4 is 28.8 Å². The third-order valence-corrected chi connectivity index (χ3v) is 1.65. The molecule has 0 fully saturated rings. The molecule has 0 aliphatic heterocycles. The van der Waals surface area contributed by atoms with E-state index in [2.05, 4.69) is 10.3 Å². The normalized spacial score (nSPS) is 9.09. The second kappa shape index (κ2) is 3.11. The number of aldehydes is 1. The Balaban J connectivity index is 2.72. The highest BCUT2D eigenvalue weighted by Crippen LogP contribution is 2.12. The Morgan fingerprint density at radius 2 is 2.55 bits per heavy atom. The van der Waals surface area contributed by atoms with Gasteiger partial charge < -0.3 is 5.73 Å². The van der Waals surface area contributed by atoms with Gasteiger partial charge in [-0.15, -0.1) is 11.3 Å². The lowest BCUT2D eigenvalue weighted by Gasteiger charge is -1.91. The maximum Gasteiger partial charge on any atom is 0.318 e. The molecule has 0 aliphatic rings. The first kappa shape index (κ1) is 7.67.